The summed E-state index contributed by atoms with van der Waals surface area (Å²) in [6, 6.07) is 0. The van der Waals surface area contributed by atoms with Gasteiger partial charge in [0.25, 0.3) is 0 Å². The molecule has 0 aromatic carbocycles. The normalized spacial score (nSPS) is 29.1. The standard InChI is InChI=1S/C46H86O12Si3/c1-29(37(54-28-51-14)34(27-50-13)56-59(17,18)43(3,4)5)25-30(2)46-33(35(41(47)52-15)42(48)53-16)24-23-31-36(46)38(57-60(19,20)44(6,7)8)32(26-49-12)40(39(31)55-46)58-61(21,22)45(9,10)11/h23-25,29,31-40H,26-28H2,1-22H3/b30-25+/t29-,31-,32-,33?,34+,36+,37+,38-,39-,40-,46+/m1/s1. The molecular formula is C46H86O12Si3. The van der Waals surface area contributed by atoms with Crippen molar-refractivity contribution in [1.29, 1.82) is 0 Å². The van der Waals surface area contributed by atoms with E-state index in [0.29, 0.717) is 13.2 Å². The van der Waals surface area contributed by atoms with Crippen molar-refractivity contribution in [3.63, 3.8) is 0 Å². The highest BCUT2D eigenvalue weighted by Crippen LogP contribution is 2.63. The third kappa shape index (κ3) is 11.1. The Bertz CT molecular complexity index is 1530. The highest BCUT2D eigenvalue weighted by atomic mass is 28.4. The zero-order chi connectivity index (χ0) is 46.9. The van der Waals surface area contributed by atoms with E-state index in [2.05, 4.69) is 128 Å². The average Bonchev–Trinajstić information content (AvgIpc) is 3.30. The van der Waals surface area contributed by atoms with E-state index >= 15 is 0 Å². The summed E-state index contributed by atoms with van der Waals surface area (Å²) in [4.78, 5) is 28.0. The van der Waals surface area contributed by atoms with Crippen LogP contribution in [0.2, 0.25) is 54.4 Å². The van der Waals surface area contributed by atoms with Gasteiger partial charge in [0.05, 0.1) is 58.0 Å². The SMILES string of the molecule is COCO[C@@H]([C@H](C)/C=C(\C)[C@]12O[C@@H]3[C@H](C=CC1C(C(=O)OC)C(=O)OC)[C@H]2[C@H](O[Si](C)(C)C(C)(C)C)[C@@H](COC)[C@H]3O[Si](C)(C)C(C)(C)C)[C@H](COC)O[Si](C)(C)C(C)(C)C. The number of carbonyl (C=O) groups excluding carboxylic acids is 2. The van der Waals surface area contributed by atoms with Crippen LogP contribution in [0.3, 0.4) is 0 Å². The van der Waals surface area contributed by atoms with Gasteiger partial charge in [-0.1, -0.05) is 87.5 Å². The molecule has 2 aliphatic carbocycles. The van der Waals surface area contributed by atoms with Crippen molar-refractivity contribution in [2.75, 3.05) is 55.6 Å². The molecule has 15 heteroatoms. The topological polar surface area (TPSA) is 126 Å². The molecule has 3 rings (SSSR count). The third-order valence-corrected chi connectivity index (χ3v) is 28.7. The Morgan fingerprint density at radius 3 is 1.69 bits per heavy atom. The van der Waals surface area contributed by atoms with Gasteiger partial charge in [-0.15, -0.1) is 0 Å². The van der Waals surface area contributed by atoms with Crippen LogP contribution < -0.4 is 0 Å². The molecule has 0 spiro atoms. The number of ether oxygens (including phenoxy) is 7. The predicted octanol–water partition coefficient (Wildman–Crippen LogP) is 9.17. The first kappa shape index (κ1) is 54.1. The number of rotatable bonds is 20. The first-order chi connectivity index (χ1) is 27.8. The molecule has 1 saturated heterocycles. The maximum absolute atomic E-state index is 14.0. The van der Waals surface area contributed by atoms with Crippen molar-refractivity contribution in [3.05, 3.63) is 23.8 Å². The van der Waals surface area contributed by atoms with Gasteiger partial charge >= 0.3 is 11.9 Å². The number of hydrogen-bond donors (Lipinski definition) is 0. The molecule has 1 heterocycles. The van der Waals surface area contributed by atoms with Crippen LogP contribution in [-0.4, -0.2) is 129 Å². The van der Waals surface area contributed by atoms with Crippen LogP contribution in [0, 0.1) is 35.5 Å². The number of methoxy groups -OCH3 is 5. The van der Waals surface area contributed by atoms with Gasteiger partial charge in [-0.25, -0.2) is 0 Å². The Hall–Kier alpha value is -1.25. The van der Waals surface area contributed by atoms with E-state index in [4.69, 9.17) is 46.4 Å². The first-order valence-corrected chi connectivity index (χ1v) is 30.9. The molecule has 0 aromatic rings. The minimum absolute atomic E-state index is 0.0447. The Balaban J connectivity index is 2.49. The summed E-state index contributed by atoms with van der Waals surface area (Å²) in [5.74, 6) is -4.58. The lowest BCUT2D eigenvalue weighted by molar-refractivity contribution is -0.168. The van der Waals surface area contributed by atoms with Crippen molar-refractivity contribution < 1.29 is 56.0 Å². The fraction of sp³-hybridized carbons (Fsp3) is 0.870. The molecule has 1 unspecified atom stereocenters. The van der Waals surface area contributed by atoms with Gasteiger partial charge in [0, 0.05) is 50.9 Å². The maximum atomic E-state index is 14.0. The van der Waals surface area contributed by atoms with Crippen LogP contribution in [0.5, 0.6) is 0 Å². The fourth-order valence-electron chi connectivity index (χ4n) is 8.87. The zero-order valence-corrected chi connectivity index (χ0v) is 45.1. The molecular weight excluding hydrogens is 829 g/mol. The van der Waals surface area contributed by atoms with Crippen LogP contribution >= 0.6 is 0 Å². The monoisotopic (exact) mass is 915 g/mol. The van der Waals surface area contributed by atoms with Crippen molar-refractivity contribution in [3.8, 4) is 0 Å². The van der Waals surface area contributed by atoms with Gasteiger partial charge in [0.1, 0.15) is 12.4 Å². The highest BCUT2D eigenvalue weighted by molar-refractivity contribution is 6.75. The van der Waals surface area contributed by atoms with Crippen molar-refractivity contribution in [2.24, 2.45) is 35.5 Å². The molecule has 0 N–H and O–H groups in total. The summed E-state index contributed by atoms with van der Waals surface area (Å²) in [6.45, 7) is 38.5. The Labute approximate surface area is 373 Å². The van der Waals surface area contributed by atoms with Crippen LogP contribution in [-0.2, 0) is 56.0 Å². The Morgan fingerprint density at radius 1 is 0.738 bits per heavy atom. The second kappa shape index (κ2) is 20.1. The Kier molecular flexibility index (Phi) is 17.8. The molecule has 0 radical (unpaired) electrons. The second-order valence-electron chi connectivity index (χ2n) is 22.3. The van der Waals surface area contributed by atoms with Crippen LogP contribution in [0.1, 0.15) is 76.2 Å². The first-order valence-electron chi connectivity index (χ1n) is 22.2. The molecule has 354 valence electrons. The molecule has 0 aromatic heterocycles. The van der Waals surface area contributed by atoms with E-state index in [1.54, 1.807) is 21.3 Å². The van der Waals surface area contributed by atoms with Crippen LogP contribution in [0.25, 0.3) is 0 Å². The second-order valence-corrected chi connectivity index (χ2v) is 36.6. The van der Waals surface area contributed by atoms with Gasteiger partial charge < -0.3 is 46.4 Å². The van der Waals surface area contributed by atoms with E-state index in [9.17, 15) is 9.59 Å². The molecule has 0 amide bonds. The molecule has 1 aliphatic heterocycles. The summed E-state index contributed by atoms with van der Waals surface area (Å²) in [5.41, 5.74) is -0.411. The molecule has 4 bridgehead atoms. The van der Waals surface area contributed by atoms with E-state index < -0.39 is 84.8 Å². The van der Waals surface area contributed by atoms with Crippen molar-refractivity contribution >= 4 is 36.9 Å². The average molecular weight is 915 g/mol. The molecule has 12 nitrogen and oxygen atoms in total. The van der Waals surface area contributed by atoms with Gasteiger partial charge in [0.2, 0.25) is 0 Å². The van der Waals surface area contributed by atoms with E-state index in [1.165, 1.54) is 14.2 Å². The smallest absolute Gasteiger partial charge is 0.320 e. The van der Waals surface area contributed by atoms with Crippen LogP contribution in [0.4, 0.5) is 0 Å². The van der Waals surface area contributed by atoms with E-state index in [-0.39, 0.29) is 45.6 Å². The lowest BCUT2D eigenvalue weighted by atomic mass is 9.56. The summed E-state index contributed by atoms with van der Waals surface area (Å²) in [7, 11) is 0.338. The maximum Gasteiger partial charge on any atom is 0.320 e. The molecule has 61 heavy (non-hydrogen) atoms. The molecule has 3 aliphatic rings. The summed E-state index contributed by atoms with van der Waals surface area (Å²) in [6.07, 6.45) is 4.07. The highest BCUT2D eigenvalue weighted by Gasteiger charge is 2.72. The van der Waals surface area contributed by atoms with Gasteiger partial charge in [-0.05, 0) is 66.9 Å². The van der Waals surface area contributed by atoms with Gasteiger partial charge in [0.15, 0.2) is 30.9 Å². The minimum atomic E-state index is -2.52. The number of carbonyl (C=O) groups is 2. The third-order valence-electron chi connectivity index (χ3n) is 15.3. The minimum Gasteiger partial charge on any atom is -0.468 e. The largest absolute Gasteiger partial charge is 0.468 e. The van der Waals surface area contributed by atoms with Crippen molar-refractivity contribution in [1.82, 2.24) is 0 Å². The molecule has 1 saturated carbocycles. The van der Waals surface area contributed by atoms with E-state index in [0.717, 1.165) is 5.57 Å². The molecule has 2 fully saturated rings. The Morgan fingerprint density at radius 2 is 1.25 bits per heavy atom. The van der Waals surface area contributed by atoms with E-state index in [1.807, 2.05) is 6.08 Å². The zero-order valence-electron chi connectivity index (χ0n) is 42.1. The molecule has 11 atom stereocenters. The fourth-order valence-corrected chi connectivity index (χ4v) is 12.9. The number of hydrogen-bond acceptors (Lipinski definition) is 12. The van der Waals surface area contributed by atoms with Crippen LogP contribution in [0.15, 0.2) is 23.8 Å². The summed E-state index contributed by atoms with van der Waals surface area (Å²) >= 11 is 0. The van der Waals surface area contributed by atoms with Gasteiger partial charge in [-0.3, -0.25) is 9.59 Å². The lowest BCUT2D eigenvalue weighted by Crippen LogP contribution is -2.64. The lowest BCUT2D eigenvalue weighted by Gasteiger charge is -2.54. The van der Waals surface area contributed by atoms with Crippen molar-refractivity contribution in [2.45, 2.75) is 167 Å². The summed E-state index contributed by atoms with van der Waals surface area (Å²) in [5, 5.41) is -0.307. The predicted molar refractivity (Wildman–Crippen MR) is 248 cm³/mol. The number of esters is 2. The van der Waals surface area contributed by atoms with Gasteiger partial charge in [-0.2, -0.15) is 0 Å². The quantitative estimate of drug-likeness (QED) is 0.0380. The summed E-state index contributed by atoms with van der Waals surface area (Å²) < 4.78 is 64.7.